The van der Waals surface area contributed by atoms with E-state index in [4.69, 9.17) is 0 Å². The lowest BCUT2D eigenvalue weighted by Crippen LogP contribution is -2.55. The lowest BCUT2D eigenvalue weighted by Gasteiger charge is -2.42. The molecular weight excluding hydrogens is 262 g/mol. The first-order valence-electron chi connectivity index (χ1n) is 8.77. The monoisotopic (exact) mass is 293 g/mol. The second kappa shape index (κ2) is 5.88. The molecule has 1 aliphatic heterocycles. The van der Waals surface area contributed by atoms with Gasteiger partial charge in [-0.05, 0) is 52.6 Å². The van der Waals surface area contributed by atoms with Gasteiger partial charge in [-0.3, -0.25) is 10.1 Å². The van der Waals surface area contributed by atoms with E-state index in [1.54, 1.807) is 0 Å². The van der Waals surface area contributed by atoms with E-state index >= 15 is 0 Å². The number of nitrogens with one attached hydrogen (secondary N) is 1. The Balaban J connectivity index is 1.78. The highest BCUT2D eigenvalue weighted by atomic mass is 16.2. The summed E-state index contributed by atoms with van der Waals surface area (Å²) in [6.07, 6.45) is 10.6. The fourth-order valence-electron chi connectivity index (χ4n) is 4.74. The van der Waals surface area contributed by atoms with Gasteiger partial charge in [0.2, 0.25) is 5.91 Å². The molecule has 120 valence electrons. The van der Waals surface area contributed by atoms with Crippen LogP contribution in [0.1, 0.15) is 58.3 Å². The standard InChI is InChI=1S/C17H31N3O/c1-13-16(21)20(15(18-13)14-8-4-5-9-14)12-17(19(2)3)10-6-7-11-17/h13-15,18H,4-12H2,1-3H3. The SMILES string of the molecule is CC1NC(C2CCCC2)N(CC2(N(C)C)CCCC2)C1=O. The fraction of sp³-hybridized carbons (Fsp3) is 0.941. The largest absolute Gasteiger partial charge is 0.324 e. The van der Waals surface area contributed by atoms with Gasteiger partial charge in [-0.15, -0.1) is 0 Å². The van der Waals surface area contributed by atoms with E-state index < -0.39 is 0 Å². The highest BCUT2D eigenvalue weighted by Gasteiger charge is 2.46. The number of nitrogens with zero attached hydrogens (tertiary/aromatic N) is 2. The van der Waals surface area contributed by atoms with E-state index in [2.05, 4.69) is 29.2 Å². The van der Waals surface area contributed by atoms with Crippen LogP contribution in [0.25, 0.3) is 0 Å². The van der Waals surface area contributed by atoms with Gasteiger partial charge in [0.25, 0.3) is 0 Å². The minimum Gasteiger partial charge on any atom is -0.324 e. The van der Waals surface area contributed by atoms with Gasteiger partial charge in [0.15, 0.2) is 0 Å². The maximum absolute atomic E-state index is 12.7. The Morgan fingerprint density at radius 1 is 1.19 bits per heavy atom. The van der Waals surface area contributed by atoms with Crippen molar-refractivity contribution in [1.82, 2.24) is 15.1 Å². The molecule has 0 radical (unpaired) electrons. The zero-order valence-corrected chi connectivity index (χ0v) is 13.9. The molecule has 3 rings (SSSR count). The third-order valence-electron chi connectivity index (χ3n) is 6.20. The molecular formula is C17H31N3O. The van der Waals surface area contributed by atoms with Crippen LogP contribution in [0.3, 0.4) is 0 Å². The van der Waals surface area contributed by atoms with E-state index in [1.807, 2.05) is 6.92 Å². The molecule has 1 amide bonds. The minimum atomic E-state index is -0.00350. The predicted molar refractivity (Wildman–Crippen MR) is 84.9 cm³/mol. The minimum absolute atomic E-state index is 0.00350. The Labute approximate surface area is 129 Å². The van der Waals surface area contributed by atoms with E-state index in [1.165, 1.54) is 51.4 Å². The third-order valence-corrected chi connectivity index (χ3v) is 6.20. The van der Waals surface area contributed by atoms with Crippen LogP contribution >= 0.6 is 0 Å². The second-order valence-electron chi connectivity index (χ2n) is 7.67. The Bertz CT molecular complexity index is 383. The molecule has 0 aromatic heterocycles. The Morgan fingerprint density at radius 3 is 2.38 bits per heavy atom. The van der Waals surface area contributed by atoms with Crippen molar-refractivity contribution < 1.29 is 4.79 Å². The number of likely N-dealkylation sites (N-methyl/N-ethyl adjacent to an activating group) is 1. The Morgan fingerprint density at radius 2 is 1.81 bits per heavy atom. The molecule has 21 heavy (non-hydrogen) atoms. The number of hydrogen-bond donors (Lipinski definition) is 1. The molecule has 3 fully saturated rings. The van der Waals surface area contributed by atoms with Crippen LogP contribution in [0.5, 0.6) is 0 Å². The average Bonchev–Trinajstić information content (AvgIpc) is 3.16. The zero-order valence-electron chi connectivity index (χ0n) is 13.9. The van der Waals surface area contributed by atoms with Crippen LogP contribution in [0.2, 0.25) is 0 Å². The van der Waals surface area contributed by atoms with E-state index in [0.717, 1.165) is 6.54 Å². The van der Waals surface area contributed by atoms with Crippen LogP contribution in [0.15, 0.2) is 0 Å². The van der Waals surface area contributed by atoms with Gasteiger partial charge in [-0.1, -0.05) is 25.7 Å². The molecule has 4 heteroatoms. The number of hydrogen-bond acceptors (Lipinski definition) is 3. The summed E-state index contributed by atoms with van der Waals surface area (Å²) in [6.45, 7) is 2.94. The van der Waals surface area contributed by atoms with Crippen LogP contribution in [0.4, 0.5) is 0 Å². The smallest absolute Gasteiger partial charge is 0.240 e. The molecule has 1 N–H and O–H groups in total. The lowest BCUT2D eigenvalue weighted by molar-refractivity contribution is -0.132. The lowest BCUT2D eigenvalue weighted by atomic mass is 9.93. The van der Waals surface area contributed by atoms with Crippen LogP contribution < -0.4 is 5.32 Å². The van der Waals surface area contributed by atoms with E-state index in [-0.39, 0.29) is 17.7 Å². The van der Waals surface area contributed by atoms with Gasteiger partial charge in [-0.25, -0.2) is 0 Å². The number of carbonyl (C=O) groups is 1. The summed E-state index contributed by atoms with van der Waals surface area (Å²) in [6, 6.07) is -0.00350. The van der Waals surface area contributed by atoms with Gasteiger partial charge in [0.1, 0.15) is 0 Å². The second-order valence-corrected chi connectivity index (χ2v) is 7.67. The molecule has 0 aromatic rings. The van der Waals surface area contributed by atoms with E-state index in [9.17, 15) is 4.79 Å². The summed E-state index contributed by atoms with van der Waals surface area (Å²) < 4.78 is 0. The van der Waals surface area contributed by atoms with Crippen molar-refractivity contribution in [1.29, 1.82) is 0 Å². The maximum Gasteiger partial charge on any atom is 0.240 e. The van der Waals surface area contributed by atoms with Gasteiger partial charge in [0, 0.05) is 12.1 Å². The molecule has 1 saturated heterocycles. The van der Waals surface area contributed by atoms with Gasteiger partial charge < -0.3 is 9.80 Å². The molecule has 0 spiro atoms. The summed E-state index contributed by atoms with van der Waals surface area (Å²) in [5, 5.41) is 3.58. The first-order valence-corrected chi connectivity index (χ1v) is 8.77. The predicted octanol–water partition coefficient (Wildman–Crippen LogP) is 2.20. The van der Waals surface area contributed by atoms with Crippen molar-refractivity contribution in [2.24, 2.45) is 5.92 Å². The number of amides is 1. The van der Waals surface area contributed by atoms with Crippen molar-refractivity contribution in [2.75, 3.05) is 20.6 Å². The summed E-state index contributed by atoms with van der Waals surface area (Å²) in [5.74, 6) is 0.986. The first-order chi connectivity index (χ1) is 10.0. The molecule has 2 aliphatic carbocycles. The Kier molecular flexibility index (Phi) is 4.28. The van der Waals surface area contributed by atoms with E-state index in [0.29, 0.717) is 11.8 Å². The molecule has 2 saturated carbocycles. The fourth-order valence-corrected chi connectivity index (χ4v) is 4.74. The zero-order chi connectivity index (χ0) is 15.0. The van der Waals surface area contributed by atoms with Crippen molar-refractivity contribution >= 4 is 5.91 Å². The number of rotatable bonds is 4. The maximum atomic E-state index is 12.7. The third kappa shape index (κ3) is 2.72. The van der Waals surface area contributed by atoms with Crippen molar-refractivity contribution in [3.63, 3.8) is 0 Å². The van der Waals surface area contributed by atoms with Crippen molar-refractivity contribution in [2.45, 2.75) is 76.0 Å². The summed E-state index contributed by atoms with van der Waals surface area (Å²) in [5.41, 5.74) is 0.207. The summed E-state index contributed by atoms with van der Waals surface area (Å²) in [4.78, 5) is 17.2. The molecule has 0 aromatic carbocycles. The van der Waals surface area contributed by atoms with Crippen molar-refractivity contribution in [3.8, 4) is 0 Å². The summed E-state index contributed by atoms with van der Waals surface area (Å²) in [7, 11) is 4.38. The normalized spacial score (nSPS) is 33.5. The molecule has 0 bridgehead atoms. The molecule has 3 aliphatic rings. The average molecular weight is 293 g/mol. The number of carbonyl (C=O) groups excluding carboxylic acids is 1. The molecule has 2 unspecified atom stereocenters. The van der Waals surface area contributed by atoms with Crippen LogP contribution in [-0.4, -0.2) is 54.1 Å². The Hall–Kier alpha value is -0.610. The van der Waals surface area contributed by atoms with Crippen molar-refractivity contribution in [3.05, 3.63) is 0 Å². The quantitative estimate of drug-likeness (QED) is 0.863. The summed E-state index contributed by atoms with van der Waals surface area (Å²) >= 11 is 0. The topological polar surface area (TPSA) is 35.6 Å². The molecule has 2 atom stereocenters. The van der Waals surface area contributed by atoms with Crippen LogP contribution in [-0.2, 0) is 4.79 Å². The van der Waals surface area contributed by atoms with Gasteiger partial charge >= 0.3 is 0 Å². The highest BCUT2D eigenvalue weighted by Crippen LogP contribution is 2.38. The van der Waals surface area contributed by atoms with Gasteiger partial charge in [0.05, 0.1) is 12.2 Å². The highest BCUT2D eigenvalue weighted by molar-refractivity contribution is 5.84. The van der Waals surface area contributed by atoms with Gasteiger partial charge in [-0.2, -0.15) is 0 Å². The molecule has 1 heterocycles. The molecule has 4 nitrogen and oxygen atoms in total. The first kappa shape index (κ1) is 15.3. The van der Waals surface area contributed by atoms with Crippen LogP contribution in [0, 0.1) is 5.92 Å².